The van der Waals surface area contributed by atoms with Gasteiger partial charge in [0.05, 0.1) is 7.11 Å². The molecular formula is C26H24BrF3N2O5Se. The zero-order chi connectivity index (χ0) is 28.3. The molecule has 12 heteroatoms. The van der Waals surface area contributed by atoms with Crippen molar-refractivity contribution in [2.45, 2.75) is 31.4 Å². The second-order valence-corrected chi connectivity index (χ2v) is 11.8. The molecule has 3 rings (SSSR count). The Bertz CT molecular complexity index is 1420. The van der Waals surface area contributed by atoms with Crippen LogP contribution in [0.4, 0.5) is 23.7 Å². The molecule has 0 aliphatic heterocycles. The molecule has 38 heavy (non-hydrogen) atoms. The number of pyridine rings is 1. The average Bonchev–Trinajstić information content (AvgIpc) is 3.17. The molecule has 1 amide bonds. The second kappa shape index (κ2) is 11.7. The van der Waals surface area contributed by atoms with Gasteiger partial charge in [-0.15, -0.1) is 0 Å². The van der Waals surface area contributed by atoms with Gasteiger partial charge in [-0.05, 0) is 0 Å². The van der Waals surface area contributed by atoms with Gasteiger partial charge in [0, 0.05) is 0 Å². The third kappa shape index (κ3) is 7.25. The van der Waals surface area contributed by atoms with Gasteiger partial charge in [-0.1, -0.05) is 0 Å². The Morgan fingerprint density at radius 1 is 1.13 bits per heavy atom. The summed E-state index contributed by atoms with van der Waals surface area (Å²) in [5.74, 6) is 5.21. The van der Waals surface area contributed by atoms with Crippen LogP contribution in [0, 0.1) is 11.8 Å². The fourth-order valence-corrected chi connectivity index (χ4v) is 5.29. The van der Waals surface area contributed by atoms with Crippen molar-refractivity contribution >= 4 is 58.7 Å². The minimum atomic E-state index is -4.39. The summed E-state index contributed by atoms with van der Waals surface area (Å²) in [5, 5.41) is -4.39. The summed E-state index contributed by atoms with van der Waals surface area (Å²) < 4.78 is 58.0. The Morgan fingerprint density at radius 2 is 1.84 bits per heavy atom. The van der Waals surface area contributed by atoms with Crippen LogP contribution in [0.3, 0.4) is 0 Å². The first-order valence-corrected chi connectivity index (χ1v) is 13.6. The Morgan fingerprint density at radius 3 is 2.45 bits per heavy atom. The summed E-state index contributed by atoms with van der Waals surface area (Å²) in [5.41, 5.74) is 0.367. The van der Waals surface area contributed by atoms with Crippen LogP contribution in [0.2, 0.25) is 0 Å². The first-order valence-electron chi connectivity index (χ1n) is 11.0. The van der Waals surface area contributed by atoms with Crippen molar-refractivity contribution < 1.29 is 37.0 Å². The van der Waals surface area contributed by atoms with E-state index in [-0.39, 0.29) is 33.7 Å². The third-order valence-electron chi connectivity index (χ3n) is 4.89. The van der Waals surface area contributed by atoms with E-state index in [9.17, 15) is 22.8 Å². The first-order chi connectivity index (χ1) is 17.7. The molecule has 0 fully saturated rings. The van der Waals surface area contributed by atoms with E-state index in [1.165, 1.54) is 41.7 Å². The number of aromatic nitrogens is 1. The summed E-state index contributed by atoms with van der Waals surface area (Å²) in [4.78, 5) is 26.3. The van der Waals surface area contributed by atoms with Gasteiger partial charge in [-0.2, -0.15) is 0 Å². The van der Waals surface area contributed by atoms with Gasteiger partial charge >= 0.3 is 226 Å². The zero-order valence-electron chi connectivity index (χ0n) is 21.1. The number of carbonyl (C=O) groups is 2. The number of alkyl halides is 3. The number of nitrogens with zero attached hydrogens (tertiary/aromatic N) is 2. The van der Waals surface area contributed by atoms with Crippen LogP contribution in [0.15, 0.2) is 47.1 Å². The molecule has 0 N–H and O–H groups in total. The molecule has 7 nitrogen and oxygen atoms in total. The molecule has 0 aliphatic carbocycles. The predicted molar refractivity (Wildman–Crippen MR) is 141 cm³/mol. The number of esters is 1. The van der Waals surface area contributed by atoms with Crippen LogP contribution in [0.5, 0.6) is 5.75 Å². The molecular weight excluding hydrogens is 636 g/mol. The van der Waals surface area contributed by atoms with Crippen LogP contribution in [0.1, 0.15) is 36.7 Å². The molecule has 0 atom stereocenters. The normalized spacial score (nSPS) is 11.5. The molecule has 0 unspecified atom stereocenters. The zero-order valence-corrected chi connectivity index (χ0v) is 24.4. The molecule has 0 spiro atoms. The maximum absolute atomic E-state index is 13.4. The molecule has 3 aromatic rings. The third-order valence-corrected chi connectivity index (χ3v) is 7.33. The standard InChI is InChI=1S/C26H24BrF3N2O5Se/c1-25(2,3)37-24(34)32(19-11-10-17(23(33)36-5)15-21(19)35-4)13-6-8-16-14-20-18(27)9-7-12-31(20)22(16)38-26(28,29)30/h7,9-12,14-15H,13H2,1-5H3. The van der Waals surface area contributed by atoms with Gasteiger partial charge in [0.2, 0.25) is 0 Å². The Kier molecular flexibility index (Phi) is 9.08. The predicted octanol–water partition coefficient (Wildman–Crippen LogP) is 5.14. The van der Waals surface area contributed by atoms with Gasteiger partial charge in [0.25, 0.3) is 0 Å². The monoisotopic (exact) mass is 660 g/mol. The quantitative estimate of drug-likeness (QED) is 0.216. The molecule has 1 aromatic carbocycles. The molecule has 0 saturated heterocycles. The number of methoxy groups -OCH3 is 2. The molecule has 0 radical (unpaired) electrons. The van der Waals surface area contributed by atoms with Crippen LogP contribution in [-0.4, -0.2) is 62.9 Å². The SMILES string of the molecule is COC(=O)c1ccc(N(CC#Cc2cc3c(Br)cccn3c2[Se]C(F)(F)F)C(=O)OC(C)(C)C)c(OC)c1. The van der Waals surface area contributed by atoms with Crippen LogP contribution >= 0.6 is 15.9 Å². The van der Waals surface area contributed by atoms with Crippen molar-refractivity contribution in [2.24, 2.45) is 0 Å². The van der Waals surface area contributed by atoms with Crippen LogP contribution in [0.25, 0.3) is 5.52 Å². The fraction of sp³-hybridized carbons (Fsp3) is 0.308. The van der Waals surface area contributed by atoms with Crippen LogP contribution in [-0.2, 0) is 9.47 Å². The second-order valence-electron chi connectivity index (χ2n) is 8.77. The fourth-order valence-electron chi connectivity index (χ4n) is 3.37. The Balaban J connectivity index is 2.06. The van der Waals surface area contributed by atoms with Crippen LogP contribution < -0.4 is 14.2 Å². The number of fused-ring (bicyclic) bond motifs is 1. The van der Waals surface area contributed by atoms with Gasteiger partial charge in [-0.3, -0.25) is 0 Å². The number of rotatable bonds is 5. The number of carbonyl (C=O) groups excluding carboxylic acids is 2. The number of ether oxygens (including phenoxy) is 3. The van der Waals surface area contributed by atoms with Gasteiger partial charge in [0.1, 0.15) is 0 Å². The van der Waals surface area contributed by atoms with Crippen molar-refractivity contribution in [1.29, 1.82) is 0 Å². The van der Waals surface area contributed by atoms with Crippen molar-refractivity contribution in [3.8, 4) is 17.6 Å². The summed E-state index contributed by atoms with van der Waals surface area (Å²) in [6.45, 7) is 4.86. The van der Waals surface area contributed by atoms with E-state index in [2.05, 4.69) is 27.8 Å². The van der Waals surface area contributed by atoms with Gasteiger partial charge < -0.3 is 0 Å². The summed E-state index contributed by atoms with van der Waals surface area (Å²) in [6.07, 6.45) is 0.801. The number of anilines is 1. The van der Waals surface area contributed by atoms with Crippen molar-refractivity contribution in [1.82, 2.24) is 4.40 Å². The number of hydrogen-bond acceptors (Lipinski definition) is 5. The average molecular weight is 660 g/mol. The topological polar surface area (TPSA) is 69.5 Å². The molecule has 0 aliphatic rings. The summed E-state index contributed by atoms with van der Waals surface area (Å²) in [7, 11) is 2.61. The van der Waals surface area contributed by atoms with Crippen molar-refractivity contribution in [3.63, 3.8) is 0 Å². The van der Waals surface area contributed by atoms with Gasteiger partial charge in [0.15, 0.2) is 0 Å². The van der Waals surface area contributed by atoms with Crippen molar-refractivity contribution in [3.05, 3.63) is 58.2 Å². The van der Waals surface area contributed by atoms with E-state index in [0.29, 0.717) is 9.99 Å². The van der Waals surface area contributed by atoms with E-state index >= 15 is 0 Å². The van der Waals surface area contributed by atoms with E-state index < -0.39 is 37.7 Å². The number of amides is 1. The molecule has 202 valence electrons. The van der Waals surface area contributed by atoms with Crippen molar-refractivity contribution in [2.75, 3.05) is 25.7 Å². The first kappa shape index (κ1) is 29.4. The summed E-state index contributed by atoms with van der Waals surface area (Å²) >= 11 is 1.51. The van der Waals surface area contributed by atoms with E-state index in [4.69, 9.17) is 14.2 Å². The molecule has 0 bridgehead atoms. The van der Waals surface area contributed by atoms with E-state index in [1.54, 1.807) is 45.2 Å². The minimum absolute atomic E-state index is 0.0395. The Hall–Kier alpha value is -3.13. The van der Waals surface area contributed by atoms with E-state index in [0.717, 1.165) is 0 Å². The molecule has 2 aromatic heterocycles. The number of hydrogen-bond donors (Lipinski definition) is 0. The van der Waals surface area contributed by atoms with Gasteiger partial charge in [-0.25, -0.2) is 0 Å². The van der Waals surface area contributed by atoms with E-state index in [1.807, 2.05) is 0 Å². The molecule has 0 saturated carbocycles. The number of benzene rings is 1. The summed E-state index contributed by atoms with van der Waals surface area (Å²) in [6, 6.07) is 9.29. The number of halogens is 4. The molecule has 2 heterocycles. The maximum atomic E-state index is 13.4. The Labute approximate surface area is 232 Å².